The maximum Gasteiger partial charge on any atom is 0.380 e. The van der Waals surface area contributed by atoms with E-state index in [0.29, 0.717) is 0 Å². The highest BCUT2D eigenvalue weighted by atomic mass is 16.5. The van der Waals surface area contributed by atoms with Crippen LogP contribution in [0.25, 0.3) is 0 Å². The van der Waals surface area contributed by atoms with Gasteiger partial charge in [0.1, 0.15) is 18.4 Å². The number of pyridine rings is 1. The van der Waals surface area contributed by atoms with E-state index in [9.17, 15) is 5.21 Å². The molecule has 0 radical (unpaired) electrons. The van der Waals surface area contributed by atoms with Crippen LogP contribution in [0.2, 0.25) is 0 Å². The Balaban J connectivity index is 2.73. The van der Waals surface area contributed by atoms with Crippen LogP contribution >= 0.6 is 0 Å². The van der Waals surface area contributed by atoms with Gasteiger partial charge in [0.25, 0.3) is 0 Å². The zero-order valence-electron chi connectivity index (χ0n) is 7.83. The summed E-state index contributed by atoms with van der Waals surface area (Å²) in [6.07, 6.45) is -0.0955. The molecular formula is C8H12N2O5. The Morgan fingerprint density at radius 3 is 2.87 bits per heavy atom. The van der Waals surface area contributed by atoms with Crippen LogP contribution in [0.5, 0.6) is 11.6 Å². The molecule has 1 atom stereocenters. The molecule has 7 heteroatoms. The molecule has 5 N–H and O–H groups in total. The molecule has 1 rings (SSSR count). The molecule has 0 aromatic carbocycles. The van der Waals surface area contributed by atoms with E-state index in [0.717, 1.165) is 12.3 Å². The number of aromatic nitrogens is 1. The summed E-state index contributed by atoms with van der Waals surface area (Å²) < 4.78 is 5.16. The van der Waals surface area contributed by atoms with Gasteiger partial charge >= 0.3 is 5.88 Å². The summed E-state index contributed by atoms with van der Waals surface area (Å²) in [5.41, 5.74) is 5.45. The molecule has 1 heterocycles. The lowest BCUT2D eigenvalue weighted by Gasteiger charge is -2.11. The van der Waals surface area contributed by atoms with Crippen LogP contribution in [0.15, 0.2) is 12.3 Å². The average molecular weight is 216 g/mol. The largest absolute Gasteiger partial charge is 0.616 e. The van der Waals surface area contributed by atoms with Crippen LogP contribution in [-0.2, 0) is 0 Å². The molecule has 0 aliphatic carbocycles. The van der Waals surface area contributed by atoms with Crippen LogP contribution in [0, 0.1) is 5.21 Å². The zero-order chi connectivity index (χ0) is 11.4. The Kier molecular flexibility index (Phi) is 3.53. The molecule has 0 saturated carbocycles. The van der Waals surface area contributed by atoms with Crippen molar-refractivity contribution in [1.29, 1.82) is 0 Å². The molecule has 0 bridgehead atoms. The first-order valence-electron chi connectivity index (χ1n) is 4.18. The minimum Gasteiger partial charge on any atom is -0.616 e. The number of aliphatic hydroxyl groups is 2. The van der Waals surface area contributed by atoms with E-state index in [4.69, 9.17) is 25.8 Å². The van der Waals surface area contributed by atoms with E-state index < -0.39 is 18.6 Å². The highest BCUT2D eigenvalue weighted by Crippen LogP contribution is 2.22. The number of anilines is 1. The summed E-state index contributed by atoms with van der Waals surface area (Å²) >= 11 is 0. The van der Waals surface area contributed by atoms with E-state index >= 15 is 0 Å². The van der Waals surface area contributed by atoms with Crippen LogP contribution < -0.4 is 15.2 Å². The second kappa shape index (κ2) is 4.67. The third-order valence-corrected chi connectivity index (χ3v) is 1.67. The van der Waals surface area contributed by atoms with Crippen molar-refractivity contribution < 1.29 is 24.8 Å². The summed E-state index contributed by atoms with van der Waals surface area (Å²) in [6, 6.07) is 1.03. The lowest BCUT2D eigenvalue weighted by atomic mass is 10.3. The van der Waals surface area contributed by atoms with Crippen molar-refractivity contribution in [2.24, 2.45) is 0 Å². The zero-order valence-corrected chi connectivity index (χ0v) is 7.83. The van der Waals surface area contributed by atoms with Crippen molar-refractivity contribution in [1.82, 2.24) is 0 Å². The fraction of sp³-hybridized carbons (Fsp3) is 0.375. The first-order valence-corrected chi connectivity index (χ1v) is 4.18. The smallest absolute Gasteiger partial charge is 0.380 e. The molecule has 15 heavy (non-hydrogen) atoms. The van der Waals surface area contributed by atoms with Gasteiger partial charge in [0.05, 0.1) is 12.7 Å². The molecule has 1 aromatic rings. The second-order valence-corrected chi connectivity index (χ2v) is 2.92. The molecule has 0 saturated heterocycles. The Morgan fingerprint density at radius 1 is 1.60 bits per heavy atom. The predicted molar refractivity (Wildman–Crippen MR) is 50.1 cm³/mol. The first-order chi connectivity index (χ1) is 7.04. The van der Waals surface area contributed by atoms with Crippen molar-refractivity contribution >= 4 is 5.69 Å². The van der Waals surface area contributed by atoms with Gasteiger partial charge in [-0.15, -0.1) is 4.73 Å². The number of aromatic hydroxyl groups is 1. The summed E-state index contributed by atoms with van der Waals surface area (Å²) in [5, 5.41) is 37.4. The van der Waals surface area contributed by atoms with Gasteiger partial charge in [-0.3, -0.25) is 0 Å². The normalized spacial score (nSPS) is 12.4. The van der Waals surface area contributed by atoms with Crippen LogP contribution in [-0.4, -0.2) is 34.6 Å². The quantitative estimate of drug-likeness (QED) is 0.353. The number of rotatable bonds is 4. The summed E-state index contributed by atoms with van der Waals surface area (Å²) in [5.74, 6) is -0.482. The van der Waals surface area contributed by atoms with Crippen molar-refractivity contribution in [2.45, 2.75) is 6.10 Å². The summed E-state index contributed by atoms with van der Waals surface area (Å²) in [7, 11) is 0. The topological polar surface area (TPSA) is 123 Å². The Hall–Kier alpha value is -1.73. The van der Waals surface area contributed by atoms with E-state index in [1.54, 1.807) is 0 Å². The Bertz CT molecular complexity index is 344. The third-order valence-electron chi connectivity index (χ3n) is 1.67. The number of nitrogens with zero attached hydrogens (tertiary/aromatic N) is 1. The fourth-order valence-corrected chi connectivity index (χ4v) is 0.884. The van der Waals surface area contributed by atoms with Crippen LogP contribution in [0.3, 0.4) is 0 Å². The molecule has 0 aliphatic rings. The lowest BCUT2D eigenvalue weighted by molar-refractivity contribution is -0.612. The first kappa shape index (κ1) is 11.3. The maximum absolute atomic E-state index is 10.8. The molecule has 0 spiro atoms. The third kappa shape index (κ3) is 2.86. The molecule has 0 aliphatic heterocycles. The summed E-state index contributed by atoms with van der Waals surface area (Å²) in [6.45, 7) is -0.622. The van der Waals surface area contributed by atoms with Crippen molar-refractivity contribution in [2.75, 3.05) is 18.9 Å². The van der Waals surface area contributed by atoms with Gasteiger partial charge < -0.3 is 31.0 Å². The maximum atomic E-state index is 10.8. The summed E-state index contributed by atoms with van der Waals surface area (Å²) in [4.78, 5) is 0. The molecular weight excluding hydrogens is 204 g/mol. The van der Waals surface area contributed by atoms with E-state index in [1.165, 1.54) is 0 Å². The standard InChI is InChI=1S/C8H12N2O5/c9-6-2-10(14)8(13)1-7(6)15-4-5(12)3-11/h1-2,5,11-13H,3-4,9H2. The van der Waals surface area contributed by atoms with Gasteiger partial charge in [-0.1, -0.05) is 0 Å². The van der Waals surface area contributed by atoms with Crippen molar-refractivity contribution in [3.8, 4) is 11.6 Å². The van der Waals surface area contributed by atoms with Gasteiger partial charge in [0.2, 0.25) is 6.20 Å². The minimum absolute atomic E-state index is 0.0351. The number of hydrogen-bond donors (Lipinski definition) is 4. The number of nitrogens with two attached hydrogens (primary N) is 1. The van der Waals surface area contributed by atoms with E-state index in [2.05, 4.69) is 0 Å². The van der Waals surface area contributed by atoms with Crippen LogP contribution in [0.4, 0.5) is 5.69 Å². The van der Waals surface area contributed by atoms with Crippen LogP contribution in [0.1, 0.15) is 0 Å². The van der Waals surface area contributed by atoms with Gasteiger partial charge in [0.15, 0.2) is 5.75 Å². The monoisotopic (exact) mass is 216 g/mol. The highest BCUT2D eigenvalue weighted by Gasteiger charge is 2.12. The molecule has 0 fully saturated rings. The van der Waals surface area contributed by atoms with Gasteiger partial charge in [-0.25, -0.2) is 0 Å². The van der Waals surface area contributed by atoms with Gasteiger partial charge in [0, 0.05) is 0 Å². The fourth-order valence-electron chi connectivity index (χ4n) is 0.884. The minimum atomic E-state index is -1.04. The van der Waals surface area contributed by atoms with Crippen molar-refractivity contribution in [3.63, 3.8) is 0 Å². The SMILES string of the molecule is Nc1c[n+]([O-])c(O)cc1OCC(O)CO. The molecule has 1 unspecified atom stereocenters. The van der Waals surface area contributed by atoms with E-state index in [-0.39, 0.29) is 22.8 Å². The predicted octanol–water partition coefficient (Wildman–Crippen LogP) is -1.66. The lowest BCUT2D eigenvalue weighted by Crippen LogP contribution is -2.27. The Labute approximate surface area is 85.5 Å². The van der Waals surface area contributed by atoms with Crippen molar-refractivity contribution in [3.05, 3.63) is 17.5 Å². The molecule has 0 amide bonds. The Morgan fingerprint density at radius 2 is 2.27 bits per heavy atom. The number of aliphatic hydroxyl groups excluding tert-OH is 2. The number of ether oxygens (including phenoxy) is 1. The average Bonchev–Trinajstić information content (AvgIpc) is 2.21. The highest BCUT2D eigenvalue weighted by molar-refractivity contribution is 5.50. The molecule has 1 aromatic heterocycles. The number of nitrogen functional groups attached to an aromatic ring is 1. The van der Waals surface area contributed by atoms with Gasteiger partial charge in [-0.05, 0) is 0 Å². The second-order valence-electron chi connectivity index (χ2n) is 2.92. The van der Waals surface area contributed by atoms with E-state index in [1.807, 2.05) is 0 Å². The number of hydrogen-bond acceptors (Lipinski definition) is 6. The molecule has 84 valence electrons. The molecule has 7 nitrogen and oxygen atoms in total. The van der Waals surface area contributed by atoms with Gasteiger partial charge in [-0.2, -0.15) is 0 Å².